The minimum Gasteiger partial charge on any atom is -0.483 e. The minimum absolute atomic E-state index is 0.0218. The van der Waals surface area contributed by atoms with E-state index in [1.807, 2.05) is 36.9 Å². The summed E-state index contributed by atoms with van der Waals surface area (Å²) < 4.78 is 11.4. The fourth-order valence-electron chi connectivity index (χ4n) is 3.91. The van der Waals surface area contributed by atoms with Gasteiger partial charge in [0, 0.05) is 19.7 Å². The Hall–Kier alpha value is -2.08. The van der Waals surface area contributed by atoms with E-state index in [1.54, 1.807) is 0 Å². The second-order valence-corrected chi connectivity index (χ2v) is 7.34. The van der Waals surface area contributed by atoms with Crippen molar-refractivity contribution in [3.8, 4) is 5.75 Å². The molecule has 1 aromatic rings. The van der Waals surface area contributed by atoms with Crippen LogP contribution in [0.3, 0.4) is 0 Å². The quantitative estimate of drug-likeness (QED) is 0.872. The summed E-state index contributed by atoms with van der Waals surface area (Å²) in [6.07, 6.45) is 1.94. The minimum atomic E-state index is -0.770. The van der Waals surface area contributed by atoms with Gasteiger partial charge in [0.1, 0.15) is 5.75 Å². The predicted molar refractivity (Wildman–Crippen MR) is 96.2 cm³/mol. The van der Waals surface area contributed by atoms with Crippen LogP contribution >= 0.6 is 0 Å². The number of amides is 1. The zero-order chi connectivity index (χ0) is 18.7. The third-order valence-corrected chi connectivity index (χ3v) is 5.50. The van der Waals surface area contributed by atoms with Crippen molar-refractivity contribution in [1.82, 2.24) is 4.90 Å². The van der Waals surface area contributed by atoms with Crippen LogP contribution in [0.1, 0.15) is 30.4 Å². The highest BCUT2D eigenvalue weighted by atomic mass is 16.5. The van der Waals surface area contributed by atoms with E-state index < -0.39 is 11.9 Å². The summed E-state index contributed by atoms with van der Waals surface area (Å²) in [6, 6.07) is 5.95. The highest BCUT2D eigenvalue weighted by Gasteiger charge is 2.40. The number of aryl methyl sites for hydroxylation is 2. The van der Waals surface area contributed by atoms with E-state index in [-0.39, 0.29) is 24.5 Å². The largest absolute Gasteiger partial charge is 0.483 e. The highest BCUT2D eigenvalue weighted by Crippen LogP contribution is 2.33. The van der Waals surface area contributed by atoms with Gasteiger partial charge in [-0.25, -0.2) is 0 Å². The molecule has 26 heavy (non-hydrogen) atoms. The van der Waals surface area contributed by atoms with Crippen molar-refractivity contribution in [3.05, 3.63) is 29.3 Å². The molecule has 2 aliphatic rings. The Morgan fingerprint density at radius 3 is 2.65 bits per heavy atom. The molecule has 0 bridgehead atoms. The lowest BCUT2D eigenvalue weighted by Crippen LogP contribution is -2.44. The Kier molecular flexibility index (Phi) is 5.81. The van der Waals surface area contributed by atoms with Crippen molar-refractivity contribution in [1.29, 1.82) is 0 Å². The molecule has 2 fully saturated rings. The van der Waals surface area contributed by atoms with Crippen LogP contribution < -0.4 is 4.74 Å². The molecule has 0 radical (unpaired) electrons. The molecule has 2 aliphatic heterocycles. The van der Waals surface area contributed by atoms with Crippen molar-refractivity contribution in [2.24, 2.45) is 11.8 Å². The van der Waals surface area contributed by atoms with Crippen molar-refractivity contribution in [3.63, 3.8) is 0 Å². The Morgan fingerprint density at radius 1 is 1.23 bits per heavy atom. The van der Waals surface area contributed by atoms with E-state index in [0.717, 1.165) is 29.7 Å². The predicted octanol–water partition coefficient (Wildman–Crippen LogP) is 2.41. The van der Waals surface area contributed by atoms with Crippen LogP contribution in [0.25, 0.3) is 0 Å². The smallest absolute Gasteiger partial charge is 0.309 e. The molecule has 6 heteroatoms. The lowest BCUT2D eigenvalue weighted by atomic mass is 9.84. The molecular weight excluding hydrogens is 334 g/mol. The number of nitrogens with zero attached hydrogens (tertiary/aromatic N) is 1. The molecule has 0 spiro atoms. The summed E-state index contributed by atoms with van der Waals surface area (Å²) in [6.45, 7) is 5.77. The number of carboxylic acids is 1. The summed E-state index contributed by atoms with van der Waals surface area (Å²) in [4.78, 5) is 25.6. The molecule has 1 aromatic carbocycles. The molecule has 0 aliphatic carbocycles. The number of benzene rings is 1. The molecule has 2 saturated heterocycles. The first-order valence-corrected chi connectivity index (χ1v) is 9.28. The van der Waals surface area contributed by atoms with Crippen LogP contribution in [-0.4, -0.2) is 54.3 Å². The van der Waals surface area contributed by atoms with E-state index in [9.17, 15) is 14.7 Å². The van der Waals surface area contributed by atoms with Crippen LogP contribution in [0.2, 0.25) is 0 Å². The van der Waals surface area contributed by atoms with Gasteiger partial charge in [0.05, 0.1) is 12.0 Å². The summed E-state index contributed by atoms with van der Waals surface area (Å²) in [5.74, 6) is -0.242. The van der Waals surface area contributed by atoms with Crippen LogP contribution in [0, 0.1) is 25.7 Å². The van der Waals surface area contributed by atoms with Gasteiger partial charge in [0.2, 0.25) is 0 Å². The first-order chi connectivity index (χ1) is 12.5. The zero-order valence-corrected chi connectivity index (χ0v) is 15.4. The molecule has 0 saturated carbocycles. The van der Waals surface area contributed by atoms with E-state index in [2.05, 4.69) is 0 Å². The molecule has 0 aromatic heterocycles. The molecule has 2 heterocycles. The number of hydrogen-bond acceptors (Lipinski definition) is 4. The normalized spacial score (nSPS) is 23.8. The van der Waals surface area contributed by atoms with E-state index in [1.165, 1.54) is 0 Å². The van der Waals surface area contributed by atoms with Crippen LogP contribution in [0.15, 0.2) is 18.2 Å². The van der Waals surface area contributed by atoms with E-state index >= 15 is 0 Å². The average molecular weight is 361 g/mol. The first kappa shape index (κ1) is 18.7. The Morgan fingerprint density at radius 2 is 1.96 bits per heavy atom. The number of aliphatic carboxylic acids is 1. The molecule has 1 unspecified atom stereocenters. The molecule has 3 rings (SSSR count). The first-order valence-electron chi connectivity index (χ1n) is 9.28. The number of piperidine rings is 1. The van der Waals surface area contributed by atoms with Crippen molar-refractivity contribution >= 4 is 11.9 Å². The maximum absolute atomic E-state index is 12.4. The van der Waals surface area contributed by atoms with Crippen LogP contribution in [0.5, 0.6) is 5.75 Å². The second-order valence-electron chi connectivity index (χ2n) is 7.34. The number of carbonyl (C=O) groups excluding carboxylic acids is 1. The maximum atomic E-state index is 12.4. The third kappa shape index (κ3) is 4.18. The standard InChI is InChI=1S/C20H27NO5/c1-13-3-4-14(2)17(11-13)26-12-18(22)21-8-5-15(6-9-21)19-16(20(23)24)7-10-25-19/h3-4,11,15-16,19H,5-10,12H2,1-2H3,(H,23,24)/t16?,19-/m0/s1. The monoisotopic (exact) mass is 361 g/mol. The summed E-state index contributed by atoms with van der Waals surface area (Å²) >= 11 is 0. The Bertz CT molecular complexity index is 666. The number of carbonyl (C=O) groups is 2. The van der Waals surface area contributed by atoms with Crippen LogP contribution in [-0.2, 0) is 14.3 Å². The summed E-state index contributed by atoms with van der Waals surface area (Å²) in [7, 11) is 0. The Balaban J connectivity index is 1.49. The maximum Gasteiger partial charge on any atom is 0.309 e. The Labute approximate surface area is 154 Å². The van der Waals surface area contributed by atoms with Gasteiger partial charge in [-0.1, -0.05) is 12.1 Å². The number of hydrogen-bond donors (Lipinski definition) is 1. The third-order valence-electron chi connectivity index (χ3n) is 5.50. The van der Waals surface area contributed by atoms with Gasteiger partial charge in [0.25, 0.3) is 5.91 Å². The molecule has 142 valence electrons. The molecule has 1 amide bonds. The van der Waals surface area contributed by atoms with Gasteiger partial charge in [-0.2, -0.15) is 0 Å². The van der Waals surface area contributed by atoms with Gasteiger partial charge < -0.3 is 19.5 Å². The van der Waals surface area contributed by atoms with Crippen molar-refractivity contribution in [2.45, 2.75) is 39.2 Å². The number of ether oxygens (including phenoxy) is 2. The van der Waals surface area contributed by atoms with E-state index in [0.29, 0.717) is 26.1 Å². The summed E-state index contributed by atoms with van der Waals surface area (Å²) in [5.41, 5.74) is 2.11. The van der Waals surface area contributed by atoms with Gasteiger partial charge in [0.15, 0.2) is 6.61 Å². The van der Waals surface area contributed by atoms with Gasteiger partial charge in [-0.3, -0.25) is 9.59 Å². The van der Waals surface area contributed by atoms with Gasteiger partial charge in [-0.15, -0.1) is 0 Å². The van der Waals surface area contributed by atoms with Crippen molar-refractivity contribution in [2.75, 3.05) is 26.3 Å². The van der Waals surface area contributed by atoms with E-state index in [4.69, 9.17) is 9.47 Å². The summed E-state index contributed by atoms with van der Waals surface area (Å²) in [5, 5.41) is 9.31. The lowest BCUT2D eigenvalue weighted by Gasteiger charge is -2.35. The highest BCUT2D eigenvalue weighted by molar-refractivity contribution is 5.78. The zero-order valence-electron chi connectivity index (χ0n) is 15.4. The molecule has 2 atom stereocenters. The second kappa shape index (κ2) is 8.08. The van der Waals surface area contributed by atoms with Gasteiger partial charge >= 0.3 is 5.97 Å². The molecule has 1 N–H and O–H groups in total. The fourth-order valence-corrected chi connectivity index (χ4v) is 3.91. The van der Waals surface area contributed by atoms with Crippen molar-refractivity contribution < 1.29 is 24.2 Å². The fraction of sp³-hybridized carbons (Fsp3) is 0.600. The molecule has 6 nitrogen and oxygen atoms in total. The number of carboxylic acid groups (broad SMARTS) is 1. The topological polar surface area (TPSA) is 76.1 Å². The number of likely N-dealkylation sites (tertiary alicyclic amines) is 1. The van der Waals surface area contributed by atoms with Crippen LogP contribution in [0.4, 0.5) is 0 Å². The SMILES string of the molecule is Cc1ccc(C)c(OCC(=O)N2CCC([C@@H]3OCCC3C(=O)O)CC2)c1. The molecular formula is C20H27NO5. The van der Waals surface area contributed by atoms with Gasteiger partial charge in [-0.05, 0) is 56.2 Å². The number of rotatable bonds is 5. The lowest BCUT2D eigenvalue weighted by molar-refractivity contribution is -0.146. The average Bonchev–Trinajstić information content (AvgIpc) is 3.12.